The first-order valence-electron chi connectivity index (χ1n) is 6.82. The quantitative estimate of drug-likeness (QED) is 0.656. The van der Waals surface area contributed by atoms with Crippen LogP contribution in [-0.4, -0.2) is 0 Å². The fraction of sp³-hybridized carbons (Fsp3) is 0.111. The molecular weight excluding hydrogens is 346 g/mol. The number of benzene rings is 3. The first-order valence-corrected chi connectivity index (χ1v) is 7.99. The van der Waals surface area contributed by atoms with Crippen LogP contribution in [0.25, 0.3) is 10.8 Å². The zero-order chi connectivity index (χ0) is 14.8. The van der Waals surface area contributed by atoms with Gasteiger partial charge in [0.1, 0.15) is 0 Å². The summed E-state index contributed by atoms with van der Waals surface area (Å²) in [6.45, 7) is 0. The highest BCUT2D eigenvalue weighted by Gasteiger charge is 2.12. The van der Waals surface area contributed by atoms with Crippen LogP contribution in [0.4, 0.5) is 0 Å². The van der Waals surface area contributed by atoms with Gasteiger partial charge in [0.2, 0.25) is 0 Å². The molecule has 0 saturated carbocycles. The molecule has 0 aromatic heterocycles. The first-order chi connectivity index (χ1) is 10.1. The summed E-state index contributed by atoms with van der Waals surface area (Å²) in [6, 6.07) is 20.3. The molecule has 0 heterocycles. The first kappa shape index (κ1) is 14.6. The van der Waals surface area contributed by atoms with E-state index in [2.05, 4.69) is 34.1 Å². The molecule has 0 spiro atoms. The minimum atomic E-state index is -0.0542. The third kappa shape index (κ3) is 3.13. The molecule has 2 N–H and O–H groups in total. The lowest BCUT2D eigenvalue weighted by molar-refractivity contribution is 0.728. The Kier molecular flexibility index (Phi) is 4.29. The number of nitrogens with two attached hydrogens (primary N) is 1. The summed E-state index contributed by atoms with van der Waals surface area (Å²) in [5.41, 5.74) is 8.79. The Labute approximate surface area is 137 Å². The maximum absolute atomic E-state index is 6.43. The van der Waals surface area contributed by atoms with Gasteiger partial charge in [0.15, 0.2) is 0 Å². The van der Waals surface area contributed by atoms with Crippen molar-refractivity contribution in [2.24, 2.45) is 5.73 Å². The molecule has 0 aliphatic heterocycles. The van der Waals surface area contributed by atoms with Gasteiger partial charge in [0, 0.05) is 20.9 Å². The Morgan fingerprint density at radius 1 is 0.952 bits per heavy atom. The van der Waals surface area contributed by atoms with Crippen LogP contribution in [0.5, 0.6) is 0 Å². The Balaban J connectivity index is 1.98. The monoisotopic (exact) mass is 359 g/mol. The molecular formula is C18H15BrClN. The van der Waals surface area contributed by atoms with E-state index < -0.39 is 0 Å². The highest BCUT2D eigenvalue weighted by Crippen LogP contribution is 2.30. The average Bonchev–Trinajstić information content (AvgIpc) is 2.48. The molecule has 21 heavy (non-hydrogen) atoms. The van der Waals surface area contributed by atoms with Crippen molar-refractivity contribution in [1.82, 2.24) is 0 Å². The molecule has 1 unspecified atom stereocenters. The van der Waals surface area contributed by atoms with E-state index in [-0.39, 0.29) is 6.04 Å². The maximum atomic E-state index is 6.43. The van der Waals surface area contributed by atoms with E-state index in [4.69, 9.17) is 17.3 Å². The summed E-state index contributed by atoms with van der Waals surface area (Å²) in [7, 11) is 0. The van der Waals surface area contributed by atoms with Crippen molar-refractivity contribution >= 4 is 38.3 Å². The molecule has 1 atom stereocenters. The second-order valence-corrected chi connectivity index (χ2v) is 6.45. The highest BCUT2D eigenvalue weighted by atomic mass is 79.9. The van der Waals surface area contributed by atoms with Crippen LogP contribution in [-0.2, 0) is 6.42 Å². The molecule has 106 valence electrons. The van der Waals surface area contributed by atoms with E-state index in [1.54, 1.807) is 0 Å². The van der Waals surface area contributed by atoms with Gasteiger partial charge >= 0.3 is 0 Å². The van der Waals surface area contributed by atoms with Gasteiger partial charge in [-0.05, 0) is 41.1 Å². The van der Waals surface area contributed by atoms with E-state index in [0.717, 1.165) is 32.3 Å². The third-order valence-corrected chi connectivity index (χ3v) is 4.47. The van der Waals surface area contributed by atoms with Crippen LogP contribution in [0.3, 0.4) is 0 Å². The van der Waals surface area contributed by atoms with Gasteiger partial charge in [-0.1, -0.05) is 70.0 Å². The molecule has 3 heteroatoms. The largest absolute Gasteiger partial charge is 0.324 e. The van der Waals surface area contributed by atoms with Crippen molar-refractivity contribution in [2.45, 2.75) is 12.5 Å². The van der Waals surface area contributed by atoms with Gasteiger partial charge in [-0.3, -0.25) is 0 Å². The number of fused-ring (bicyclic) bond motifs is 1. The van der Waals surface area contributed by atoms with Crippen LogP contribution < -0.4 is 5.73 Å². The van der Waals surface area contributed by atoms with Gasteiger partial charge < -0.3 is 5.73 Å². The van der Waals surface area contributed by atoms with E-state index in [0.29, 0.717) is 0 Å². The summed E-state index contributed by atoms with van der Waals surface area (Å²) in [4.78, 5) is 0. The third-order valence-electron chi connectivity index (χ3n) is 3.65. The fourth-order valence-electron chi connectivity index (χ4n) is 2.64. The van der Waals surface area contributed by atoms with E-state index in [1.807, 2.05) is 42.5 Å². The van der Waals surface area contributed by atoms with E-state index in [9.17, 15) is 0 Å². The summed E-state index contributed by atoms with van der Waals surface area (Å²) in [6.07, 6.45) is 0.797. The summed E-state index contributed by atoms with van der Waals surface area (Å²) >= 11 is 9.77. The minimum Gasteiger partial charge on any atom is -0.324 e. The van der Waals surface area contributed by atoms with Gasteiger partial charge in [-0.2, -0.15) is 0 Å². The SMILES string of the molecule is NC(Cc1cccc(Br)c1)c1ccc(Cl)c2ccccc12. The second kappa shape index (κ2) is 6.18. The topological polar surface area (TPSA) is 26.0 Å². The van der Waals surface area contributed by atoms with Crippen LogP contribution in [0.2, 0.25) is 5.02 Å². The molecule has 0 saturated heterocycles. The zero-order valence-electron chi connectivity index (χ0n) is 11.4. The Bertz CT molecular complexity index is 785. The fourth-order valence-corrected chi connectivity index (χ4v) is 3.31. The van der Waals surface area contributed by atoms with Crippen LogP contribution in [0.1, 0.15) is 17.2 Å². The normalized spacial score (nSPS) is 12.5. The molecule has 0 amide bonds. The number of halogens is 2. The van der Waals surface area contributed by atoms with Crippen LogP contribution in [0, 0.1) is 0 Å². The molecule has 1 nitrogen and oxygen atoms in total. The lowest BCUT2D eigenvalue weighted by atomic mass is 9.95. The zero-order valence-corrected chi connectivity index (χ0v) is 13.7. The Morgan fingerprint density at radius 2 is 1.71 bits per heavy atom. The van der Waals surface area contributed by atoms with Crippen molar-refractivity contribution in [2.75, 3.05) is 0 Å². The number of hydrogen-bond donors (Lipinski definition) is 1. The van der Waals surface area contributed by atoms with Crippen molar-refractivity contribution in [3.05, 3.63) is 81.3 Å². The Hall–Kier alpha value is -1.35. The van der Waals surface area contributed by atoms with Gasteiger partial charge in [-0.15, -0.1) is 0 Å². The molecule has 0 aliphatic rings. The summed E-state index contributed by atoms with van der Waals surface area (Å²) in [5, 5.41) is 2.96. The maximum Gasteiger partial charge on any atom is 0.0484 e. The minimum absolute atomic E-state index is 0.0542. The lowest BCUT2D eigenvalue weighted by Crippen LogP contribution is -2.13. The molecule has 3 rings (SSSR count). The molecule has 0 fully saturated rings. The van der Waals surface area contributed by atoms with Crippen LogP contribution >= 0.6 is 27.5 Å². The standard InChI is InChI=1S/C18H15BrClN/c19-13-5-3-4-12(10-13)11-18(21)16-8-9-17(20)15-7-2-1-6-14(15)16/h1-10,18H,11,21H2. The molecule has 0 aliphatic carbocycles. The predicted octanol–water partition coefficient (Wildman–Crippen LogP) is 5.50. The van der Waals surface area contributed by atoms with Gasteiger partial charge in [0.05, 0.1) is 0 Å². The van der Waals surface area contributed by atoms with E-state index in [1.165, 1.54) is 5.56 Å². The Morgan fingerprint density at radius 3 is 2.48 bits per heavy atom. The van der Waals surface area contributed by atoms with Gasteiger partial charge in [-0.25, -0.2) is 0 Å². The molecule has 3 aromatic carbocycles. The van der Waals surface area contributed by atoms with Crippen molar-refractivity contribution in [3.8, 4) is 0 Å². The summed E-state index contributed by atoms with van der Waals surface area (Å²) < 4.78 is 1.08. The van der Waals surface area contributed by atoms with Gasteiger partial charge in [0.25, 0.3) is 0 Å². The number of rotatable bonds is 3. The smallest absolute Gasteiger partial charge is 0.0484 e. The molecule has 3 aromatic rings. The lowest BCUT2D eigenvalue weighted by Gasteiger charge is -2.16. The van der Waals surface area contributed by atoms with E-state index >= 15 is 0 Å². The molecule has 0 radical (unpaired) electrons. The average molecular weight is 361 g/mol. The van der Waals surface area contributed by atoms with Crippen molar-refractivity contribution in [1.29, 1.82) is 0 Å². The second-order valence-electron chi connectivity index (χ2n) is 5.12. The molecule has 0 bridgehead atoms. The number of hydrogen-bond acceptors (Lipinski definition) is 1. The summed E-state index contributed by atoms with van der Waals surface area (Å²) in [5.74, 6) is 0. The van der Waals surface area contributed by atoms with Crippen LogP contribution in [0.15, 0.2) is 65.1 Å². The van der Waals surface area contributed by atoms with Crippen molar-refractivity contribution in [3.63, 3.8) is 0 Å². The highest BCUT2D eigenvalue weighted by molar-refractivity contribution is 9.10. The van der Waals surface area contributed by atoms with Crippen molar-refractivity contribution < 1.29 is 0 Å². The predicted molar refractivity (Wildman–Crippen MR) is 93.7 cm³/mol.